The van der Waals surface area contributed by atoms with Gasteiger partial charge >= 0.3 is 0 Å². The number of furan rings is 1. The largest absolute Gasteiger partial charge is 0.456 e. The predicted molar refractivity (Wildman–Crippen MR) is 258 cm³/mol. The van der Waals surface area contributed by atoms with Gasteiger partial charge in [-0.2, -0.15) is 9.97 Å². The molecule has 0 saturated carbocycles. The summed E-state index contributed by atoms with van der Waals surface area (Å²) < 4.78 is 11.0. The molecule has 13 aromatic rings. The summed E-state index contributed by atoms with van der Waals surface area (Å²) in [7, 11) is 0. The Morgan fingerprint density at radius 2 is 0.746 bits per heavy atom. The van der Waals surface area contributed by atoms with Crippen molar-refractivity contribution in [3.63, 3.8) is 0 Å². The molecule has 0 spiro atoms. The molecule has 0 radical (unpaired) electrons. The molecule has 0 saturated heterocycles. The number of hydrogen-bond acceptors (Lipinski definition) is 4. The van der Waals surface area contributed by atoms with E-state index >= 15 is 0 Å². The molecule has 4 aromatic heterocycles. The second kappa shape index (κ2) is 14.0. The van der Waals surface area contributed by atoms with E-state index < -0.39 is 0 Å². The monoisotopic (exact) mass is 805 g/mol. The van der Waals surface area contributed by atoms with Gasteiger partial charge in [-0.25, -0.2) is 4.98 Å². The van der Waals surface area contributed by atoms with Gasteiger partial charge in [0.15, 0.2) is 11.6 Å². The number of fused-ring (bicyclic) bond motifs is 10. The Balaban J connectivity index is 1.08. The third kappa shape index (κ3) is 5.62. The number of aromatic nitrogens is 5. The lowest BCUT2D eigenvalue weighted by atomic mass is 10.0. The first kappa shape index (κ1) is 35.2. The van der Waals surface area contributed by atoms with E-state index in [9.17, 15) is 0 Å². The van der Waals surface area contributed by atoms with Crippen molar-refractivity contribution >= 4 is 65.6 Å². The topological polar surface area (TPSA) is 61.7 Å². The molecule has 0 bridgehead atoms. The van der Waals surface area contributed by atoms with Gasteiger partial charge < -0.3 is 8.98 Å². The van der Waals surface area contributed by atoms with E-state index in [-0.39, 0.29) is 0 Å². The van der Waals surface area contributed by atoms with Crippen molar-refractivity contribution in [2.75, 3.05) is 0 Å². The molecule has 0 aliphatic carbocycles. The van der Waals surface area contributed by atoms with E-state index in [1.165, 1.54) is 16.5 Å². The van der Waals surface area contributed by atoms with Crippen LogP contribution in [0.4, 0.5) is 0 Å². The number of hydrogen-bond donors (Lipinski definition) is 0. The summed E-state index contributed by atoms with van der Waals surface area (Å²) >= 11 is 0. The van der Waals surface area contributed by atoms with Crippen molar-refractivity contribution in [1.82, 2.24) is 24.1 Å². The third-order valence-electron chi connectivity index (χ3n) is 12.4. The minimum Gasteiger partial charge on any atom is -0.456 e. The Labute approximate surface area is 361 Å². The first-order valence-corrected chi connectivity index (χ1v) is 21.2. The van der Waals surface area contributed by atoms with Gasteiger partial charge in [0.05, 0.1) is 22.1 Å². The van der Waals surface area contributed by atoms with Crippen LogP contribution < -0.4 is 0 Å². The molecule has 13 rings (SSSR count). The minimum atomic E-state index is 0.539. The standard InChI is InChI=1S/C57H35N5O/c1-4-14-36(15-5-1)38-24-28-42(29-25-38)61-49-22-12-10-20-43(49)45-30-31-46-44-21-11-13-23-50(44)62(54(46)53(45)61)57-59-55(39-18-8-3-9-19-39)58-56(60-57)41-27-33-52-48(35-41)47-34-40(26-32-51(47)63-52)37-16-6-2-7-17-37/h1-35H. The van der Waals surface area contributed by atoms with Gasteiger partial charge in [0, 0.05) is 49.1 Å². The Morgan fingerprint density at radius 1 is 0.302 bits per heavy atom. The van der Waals surface area contributed by atoms with Gasteiger partial charge in [0.2, 0.25) is 5.95 Å². The molecule has 294 valence electrons. The molecule has 6 nitrogen and oxygen atoms in total. The van der Waals surface area contributed by atoms with Gasteiger partial charge in [0.1, 0.15) is 11.2 Å². The van der Waals surface area contributed by atoms with Crippen LogP contribution in [0.3, 0.4) is 0 Å². The molecule has 0 aliphatic rings. The van der Waals surface area contributed by atoms with Crippen molar-refractivity contribution < 1.29 is 4.42 Å². The Kier molecular flexibility index (Phi) is 7.80. The summed E-state index contributed by atoms with van der Waals surface area (Å²) in [6.45, 7) is 0. The number of benzene rings is 9. The van der Waals surface area contributed by atoms with E-state index in [0.717, 1.165) is 88.1 Å². The van der Waals surface area contributed by atoms with Crippen LogP contribution in [0.15, 0.2) is 217 Å². The van der Waals surface area contributed by atoms with E-state index in [2.05, 4.69) is 191 Å². The lowest BCUT2D eigenvalue weighted by Gasteiger charge is -2.13. The van der Waals surface area contributed by atoms with E-state index in [1.807, 2.05) is 30.3 Å². The minimum absolute atomic E-state index is 0.539. The van der Waals surface area contributed by atoms with Crippen molar-refractivity contribution in [3.05, 3.63) is 212 Å². The Morgan fingerprint density at radius 3 is 1.37 bits per heavy atom. The summed E-state index contributed by atoms with van der Waals surface area (Å²) in [5, 5.41) is 6.61. The van der Waals surface area contributed by atoms with Gasteiger partial charge in [-0.3, -0.25) is 4.57 Å². The highest BCUT2D eigenvalue weighted by atomic mass is 16.3. The summed E-state index contributed by atoms with van der Waals surface area (Å²) in [5.41, 5.74) is 13.4. The van der Waals surface area contributed by atoms with Crippen LogP contribution >= 0.6 is 0 Å². The first-order chi connectivity index (χ1) is 31.2. The maximum atomic E-state index is 6.39. The van der Waals surface area contributed by atoms with Crippen LogP contribution in [0.25, 0.3) is 122 Å². The van der Waals surface area contributed by atoms with E-state index in [0.29, 0.717) is 17.6 Å². The summed E-state index contributed by atoms with van der Waals surface area (Å²) in [5.74, 6) is 1.70. The highest BCUT2D eigenvalue weighted by Crippen LogP contribution is 2.42. The smallest absolute Gasteiger partial charge is 0.238 e. The zero-order valence-electron chi connectivity index (χ0n) is 33.9. The molecule has 0 atom stereocenters. The van der Waals surface area contributed by atoms with Crippen molar-refractivity contribution in [3.8, 4) is 56.7 Å². The first-order valence-electron chi connectivity index (χ1n) is 21.2. The quantitative estimate of drug-likeness (QED) is 0.168. The second-order valence-corrected chi connectivity index (χ2v) is 16.0. The highest BCUT2D eigenvalue weighted by molar-refractivity contribution is 6.23. The summed E-state index contributed by atoms with van der Waals surface area (Å²) in [6, 6.07) is 74.5. The molecule has 6 heteroatoms. The maximum absolute atomic E-state index is 6.39. The molecule has 0 N–H and O–H groups in total. The van der Waals surface area contributed by atoms with Gasteiger partial charge in [-0.05, 0) is 76.9 Å². The Hall–Kier alpha value is -8.61. The van der Waals surface area contributed by atoms with Crippen molar-refractivity contribution in [1.29, 1.82) is 0 Å². The highest BCUT2D eigenvalue weighted by Gasteiger charge is 2.24. The molecule has 0 aliphatic heterocycles. The lowest BCUT2D eigenvalue weighted by molar-refractivity contribution is 0.669. The lowest BCUT2D eigenvalue weighted by Crippen LogP contribution is -2.07. The zero-order chi connectivity index (χ0) is 41.4. The van der Waals surface area contributed by atoms with E-state index in [1.54, 1.807) is 0 Å². The molecule has 0 amide bonds. The van der Waals surface area contributed by atoms with Crippen LogP contribution in [0, 0.1) is 0 Å². The molecule has 0 fully saturated rings. The average molecular weight is 806 g/mol. The number of para-hydroxylation sites is 2. The fraction of sp³-hybridized carbons (Fsp3) is 0. The van der Waals surface area contributed by atoms with E-state index in [4.69, 9.17) is 19.4 Å². The van der Waals surface area contributed by atoms with Crippen LogP contribution in [-0.4, -0.2) is 24.1 Å². The SMILES string of the molecule is c1ccc(-c2ccc(-n3c4ccccc4c4ccc5c6ccccc6n(-c6nc(-c7ccccc7)nc(-c7ccc8oc9ccc(-c%10ccccc%10)cc9c8c7)n6)c5c43)cc2)cc1. The number of nitrogens with zero attached hydrogens (tertiary/aromatic N) is 5. The zero-order valence-corrected chi connectivity index (χ0v) is 33.9. The third-order valence-corrected chi connectivity index (χ3v) is 12.4. The summed E-state index contributed by atoms with van der Waals surface area (Å²) in [6.07, 6.45) is 0. The fourth-order valence-electron chi connectivity index (χ4n) is 9.45. The van der Waals surface area contributed by atoms with Crippen LogP contribution in [0.1, 0.15) is 0 Å². The number of rotatable bonds is 6. The summed E-state index contributed by atoms with van der Waals surface area (Å²) in [4.78, 5) is 16.0. The van der Waals surface area contributed by atoms with Crippen LogP contribution in [0.5, 0.6) is 0 Å². The molecular weight excluding hydrogens is 771 g/mol. The predicted octanol–water partition coefficient (Wildman–Crippen LogP) is 14.6. The molecule has 63 heavy (non-hydrogen) atoms. The molecule has 4 heterocycles. The second-order valence-electron chi connectivity index (χ2n) is 16.0. The average Bonchev–Trinajstić information content (AvgIpc) is 4.02. The van der Waals surface area contributed by atoms with Gasteiger partial charge in [-0.15, -0.1) is 0 Å². The van der Waals surface area contributed by atoms with Crippen LogP contribution in [0.2, 0.25) is 0 Å². The molecule has 9 aromatic carbocycles. The fourth-order valence-corrected chi connectivity index (χ4v) is 9.45. The van der Waals surface area contributed by atoms with Gasteiger partial charge in [0.25, 0.3) is 0 Å². The molecular formula is C57H35N5O. The maximum Gasteiger partial charge on any atom is 0.238 e. The molecule has 0 unspecified atom stereocenters. The Bertz CT molecular complexity index is 3890. The van der Waals surface area contributed by atoms with Gasteiger partial charge in [-0.1, -0.05) is 158 Å². The van der Waals surface area contributed by atoms with Crippen LogP contribution in [-0.2, 0) is 0 Å². The normalized spacial score (nSPS) is 11.8. The van der Waals surface area contributed by atoms with Crippen molar-refractivity contribution in [2.24, 2.45) is 0 Å². The van der Waals surface area contributed by atoms with Crippen molar-refractivity contribution in [2.45, 2.75) is 0 Å².